The predicted octanol–water partition coefficient (Wildman–Crippen LogP) is 5.58. The highest BCUT2D eigenvalue weighted by Crippen LogP contribution is 2.30. The van der Waals surface area contributed by atoms with Gasteiger partial charge in [-0.3, -0.25) is 13.9 Å². The Morgan fingerprint density at radius 3 is 2.05 bits per heavy atom. The Labute approximate surface area is 261 Å². The van der Waals surface area contributed by atoms with Crippen molar-refractivity contribution in [1.82, 2.24) is 10.2 Å². The molecule has 43 heavy (non-hydrogen) atoms. The number of carbonyl (C=O) groups is 2. The number of benzene rings is 4. The number of carbonyl (C=O) groups excluding carboxylic acids is 2. The zero-order chi connectivity index (χ0) is 31.0. The van der Waals surface area contributed by atoms with Crippen LogP contribution in [0.2, 0.25) is 10.0 Å². The highest BCUT2D eigenvalue weighted by molar-refractivity contribution is 7.92. The van der Waals surface area contributed by atoms with Crippen molar-refractivity contribution < 1.29 is 22.7 Å². The van der Waals surface area contributed by atoms with Gasteiger partial charge in [0.1, 0.15) is 18.3 Å². The van der Waals surface area contributed by atoms with Gasteiger partial charge in [-0.1, -0.05) is 83.9 Å². The number of hydrogen-bond acceptors (Lipinski definition) is 5. The van der Waals surface area contributed by atoms with Crippen molar-refractivity contribution in [2.75, 3.05) is 25.0 Å². The Bertz CT molecular complexity index is 1650. The molecule has 0 saturated heterocycles. The third kappa shape index (κ3) is 8.07. The Morgan fingerprint density at radius 2 is 1.44 bits per heavy atom. The van der Waals surface area contributed by atoms with E-state index in [1.165, 1.54) is 49.4 Å². The average molecular weight is 641 g/mol. The molecule has 0 aliphatic carbocycles. The summed E-state index contributed by atoms with van der Waals surface area (Å²) in [6.45, 7) is -0.614. The predicted molar refractivity (Wildman–Crippen MR) is 169 cm³/mol. The lowest BCUT2D eigenvalue weighted by molar-refractivity contribution is -0.139. The summed E-state index contributed by atoms with van der Waals surface area (Å²) in [4.78, 5) is 29.0. The normalized spacial score (nSPS) is 11.8. The van der Waals surface area contributed by atoms with Gasteiger partial charge in [0.2, 0.25) is 11.8 Å². The molecule has 8 nitrogen and oxygen atoms in total. The van der Waals surface area contributed by atoms with E-state index in [1.54, 1.807) is 42.5 Å². The standard InChI is InChI=1S/C32H31Cl2N3O5S/c1-35-32(39)30(17-23-10-5-3-6-11-23)36(21-24-12-9-13-28(16-24)42-2)31(38)22-37(27-19-25(33)18-26(34)20-27)43(40,41)29-14-7-4-8-15-29/h3-16,18-20,30H,17,21-22H2,1-2H3,(H,35,39)/t30-/m0/s1. The summed E-state index contributed by atoms with van der Waals surface area (Å²) in [7, 11) is -1.23. The van der Waals surface area contributed by atoms with Crippen LogP contribution in [0.3, 0.4) is 0 Å². The molecule has 4 aromatic rings. The Balaban J connectivity index is 1.81. The van der Waals surface area contributed by atoms with E-state index < -0.39 is 34.4 Å². The molecule has 0 spiro atoms. The van der Waals surface area contributed by atoms with E-state index in [9.17, 15) is 18.0 Å². The number of ether oxygens (including phenoxy) is 1. The number of nitrogens with zero attached hydrogens (tertiary/aromatic N) is 2. The lowest BCUT2D eigenvalue weighted by Crippen LogP contribution is -2.53. The second-order valence-corrected chi connectivity index (χ2v) is 12.4. The van der Waals surface area contributed by atoms with Gasteiger partial charge in [0.25, 0.3) is 10.0 Å². The maximum absolute atomic E-state index is 14.3. The molecule has 0 fully saturated rings. The Morgan fingerprint density at radius 1 is 0.837 bits per heavy atom. The summed E-state index contributed by atoms with van der Waals surface area (Å²) < 4.78 is 34.3. The van der Waals surface area contributed by atoms with Crippen LogP contribution in [0.25, 0.3) is 0 Å². The van der Waals surface area contributed by atoms with Crippen LogP contribution in [0.5, 0.6) is 5.75 Å². The van der Waals surface area contributed by atoms with Crippen LogP contribution in [-0.4, -0.2) is 51.9 Å². The molecule has 1 atom stereocenters. The largest absolute Gasteiger partial charge is 0.497 e. The molecule has 0 saturated carbocycles. The van der Waals surface area contributed by atoms with Gasteiger partial charge in [-0.25, -0.2) is 8.42 Å². The van der Waals surface area contributed by atoms with Crippen LogP contribution in [0.15, 0.2) is 108 Å². The summed E-state index contributed by atoms with van der Waals surface area (Å²) in [6.07, 6.45) is 0.199. The Kier molecular flexibility index (Phi) is 10.7. The lowest BCUT2D eigenvalue weighted by Gasteiger charge is -2.33. The summed E-state index contributed by atoms with van der Waals surface area (Å²) in [5.41, 5.74) is 1.63. The molecule has 4 rings (SSSR count). The van der Waals surface area contributed by atoms with E-state index in [-0.39, 0.29) is 33.6 Å². The van der Waals surface area contributed by atoms with E-state index in [2.05, 4.69) is 5.32 Å². The second-order valence-electron chi connectivity index (χ2n) is 9.65. The lowest BCUT2D eigenvalue weighted by atomic mass is 10.0. The van der Waals surface area contributed by atoms with Crippen molar-refractivity contribution >= 4 is 50.7 Å². The molecule has 224 valence electrons. The number of sulfonamides is 1. The zero-order valence-electron chi connectivity index (χ0n) is 23.6. The first-order valence-electron chi connectivity index (χ1n) is 13.3. The summed E-state index contributed by atoms with van der Waals surface area (Å²) in [6, 6.07) is 27.5. The van der Waals surface area contributed by atoms with Gasteiger partial charge < -0.3 is 15.0 Å². The second kappa shape index (κ2) is 14.4. The number of likely N-dealkylation sites (N-methyl/N-ethyl adjacent to an activating group) is 1. The Hall–Kier alpha value is -4.05. The number of nitrogens with one attached hydrogen (secondary N) is 1. The minimum atomic E-state index is -4.26. The molecule has 0 radical (unpaired) electrons. The minimum absolute atomic E-state index is 0.0104. The van der Waals surface area contributed by atoms with Gasteiger partial charge in [0.15, 0.2) is 0 Å². The maximum Gasteiger partial charge on any atom is 0.264 e. The van der Waals surface area contributed by atoms with Crippen LogP contribution in [0.1, 0.15) is 11.1 Å². The fraction of sp³-hybridized carbons (Fsp3) is 0.188. The van der Waals surface area contributed by atoms with E-state index in [4.69, 9.17) is 27.9 Å². The van der Waals surface area contributed by atoms with Crippen molar-refractivity contribution in [3.8, 4) is 5.75 Å². The molecule has 11 heteroatoms. The molecule has 0 bridgehead atoms. The van der Waals surface area contributed by atoms with Crippen molar-refractivity contribution in [3.63, 3.8) is 0 Å². The number of halogens is 2. The first-order chi connectivity index (χ1) is 20.6. The monoisotopic (exact) mass is 639 g/mol. The third-order valence-electron chi connectivity index (χ3n) is 6.75. The van der Waals surface area contributed by atoms with Crippen molar-refractivity contribution in [2.24, 2.45) is 0 Å². The molecule has 0 aromatic heterocycles. The van der Waals surface area contributed by atoms with Crippen molar-refractivity contribution in [1.29, 1.82) is 0 Å². The topological polar surface area (TPSA) is 96.0 Å². The molecule has 0 heterocycles. The fourth-order valence-corrected chi connectivity index (χ4v) is 6.55. The summed E-state index contributed by atoms with van der Waals surface area (Å²) >= 11 is 12.5. The van der Waals surface area contributed by atoms with Crippen LogP contribution in [-0.2, 0) is 32.6 Å². The quantitative estimate of drug-likeness (QED) is 0.218. The first-order valence-corrected chi connectivity index (χ1v) is 15.5. The van der Waals surface area contributed by atoms with Gasteiger partial charge in [-0.2, -0.15) is 0 Å². The van der Waals surface area contributed by atoms with Crippen molar-refractivity contribution in [3.05, 3.63) is 124 Å². The van der Waals surface area contributed by atoms with Crippen molar-refractivity contribution in [2.45, 2.75) is 23.9 Å². The molecule has 2 amide bonds. The van der Waals surface area contributed by atoms with Gasteiger partial charge in [0.05, 0.1) is 17.7 Å². The zero-order valence-corrected chi connectivity index (χ0v) is 25.9. The van der Waals surface area contributed by atoms with Crippen LogP contribution >= 0.6 is 23.2 Å². The minimum Gasteiger partial charge on any atom is -0.497 e. The first kappa shape index (κ1) is 31.9. The van der Waals surface area contributed by atoms with Crippen LogP contribution < -0.4 is 14.4 Å². The van der Waals surface area contributed by atoms with Gasteiger partial charge in [-0.15, -0.1) is 0 Å². The molecular weight excluding hydrogens is 609 g/mol. The molecule has 4 aromatic carbocycles. The van der Waals surface area contributed by atoms with Crippen LogP contribution in [0.4, 0.5) is 5.69 Å². The summed E-state index contributed by atoms with van der Waals surface area (Å²) in [5, 5.41) is 3.06. The molecule has 1 N–H and O–H groups in total. The highest BCUT2D eigenvalue weighted by Gasteiger charge is 2.34. The van der Waals surface area contributed by atoms with E-state index >= 15 is 0 Å². The van der Waals surface area contributed by atoms with Crippen LogP contribution in [0, 0.1) is 0 Å². The van der Waals surface area contributed by atoms with Gasteiger partial charge >= 0.3 is 0 Å². The molecule has 0 aliphatic heterocycles. The van der Waals surface area contributed by atoms with Gasteiger partial charge in [-0.05, 0) is 53.6 Å². The number of rotatable bonds is 12. The van der Waals surface area contributed by atoms with E-state index in [0.717, 1.165) is 9.87 Å². The summed E-state index contributed by atoms with van der Waals surface area (Å²) in [5.74, 6) is -0.433. The number of hydrogen-bond donors (Lipinski definition) is 1. The molecular formula is C32H31Cl2N3O5S. The highest BCUT2D eigenvalue weighted by atomic mass is 35.5. The molecule has 0 aliphatic rings. The number of amides is 2. The number of anilines is 1. The van der Waals surface area contributed by atoms with E-state index in [1.807, 2.05) is 30.3 Å². The third-order valence-corrected chi connectivity index (χ3v) is 8.97. The maximum atomic E-state index is 14.3. The average Bonchev–Trinajstić information content (AvgIpc) is 3.01. The SMILES string of the molecule is CNC(=O)[C@H](Cc1ccccc1)N(Cc1cccc(OC)c1)C(=O)CN(c1cc(Cl)cc(Cl)c1)S(=O)(=O)c1ccccc1. The smallest absolute Gasteiger partial charge is 0.264 e. The number of methoxy groups -OCH3 is 1. The van der Waals surface area contributed by atoms with E-state index in [0.29, 0.717) is 11.3 Å². The molecule has 0 unspecified atom stereocenters. The van der Waals surface area contributed by atoms with Gasteiger partial charge in [0, 0.05) is 30.1 Å². The fourth-order valence-electron chi connectivity index (χ4n) is 4.62.